The lowest BCUT2D eigenvalue weighted by molar-refractivity contribution is 0.304. The Kier molecular flexibility index (Phi) is 5.44. The van der Waals surface area contributed by atoms with E-state index in [1.54, 1.807) is 0 Å². The minimum Gasteiger partial charge on any atom is -0.488 e. The maximum Gasteiger partial charge on any atom is 0.134 e. The number of rotatable bonds is 5. The van der Waals surface area contributed by atoms with Crippen molar-refractivity contribution in [2.45, 2.75) is 13.5 Å². The lowest BCUT2D eigenvalue weighted by Crippen LogP contribution is -1.96. The van der Waals surface area contributed by atoms with Crippen LogP contribution in [0.5, 0.6) is 5.75 Å². The molecule has 0 atom stereocenters. The molecule has 3 aromatic carbocycles. The highest BCUT2D eigenvalue weighted by Crippen LogP contribution is 2.27. The van der Waals surface area contributed by atoms with E-state index in [9.17, 15) is 0 Å². The van der Waals surface area contributed by atoms with Crippen LogP contribution < -0.4 is 4.74 Å². The van der Waals surface area contributed by atoms with Crippen molar-refractivity contribution in [3.63, 3.8) is 0 Å². The van der Waals surface area contributed by atoms with E-state index in [0.717, 1.165) is 32.6 Å². The summed E-state index contributed by atoms with van der Waals surface area (Å²) in [7, 11) is 0. The maximum absolute atomic E-state index is 5.87. The zero-order chi connectivity index (χ0) is 16.8. The molecule has 0 N–H and O–H groups in total. The molecule has 0 amide bonds. The largest absolute Gasteiger partial charge is 0.488 e. The first kappa shape index (κ1) is 16.5. The Labute approximate surface area is 151 Å². The molecule has 0 heterocycles. The normalized spacial score (nSPS) is 10.9. The Balaban J connectivity index is 1.69. The molecule has 3 aromatic rings. The molecule has 0 saturated heterocycles. The molecule has 2 nitrogen and oxygen atoms in total. The third-order valence-corrected chi connectivity index (χ3v) is 4.28. The van der Waals surface area contributed by atoms with Gasteiger partial charge in [-0.2, -0.15) is 0 Å². The minimum absolute atomic E-state index is 0.552. The molecule has 0 aliphatic heterocycles. The number of aryl methyl sites for hydroxylation is 1. The van der Waals surface area contributed by atoms with Crippen molar-refractivity contribution in [2.75, 3.05) is 0 Å². The molecule has 0 aromatic heterocycles. The van der Waals surface area contributed by atoms with E-state index in [2.05, 4.69) is 46.0 Å². The van der Waals surface area contributed by atoms with Crippen molar-refractivity contribution in [2.24, 2.45) is 4.99 Å². The van der Waals surface area contributed by atoms with Gasteiger partial charge in [-0.1, -0.05) is 48.5 Å². The van der Waals surface area contributed by atoms with Gasteiger partial charge in [-0.3, -0.25) is 4.99 Å². The Bertz CT molecular complexity index is 843. The highest BCUT2D eigenvalue weighted by molar-refractivity contribution is 9.10. The van der Waals surface area contributed by atoms with Crippen molar-refractivity contribution in [1.29, 1.82) is 0 Å². The van der Waals surface area contributed by atoms with Gasteiger partial charge in [-0.15, -0.1) is 0 Å². The van der Waals surface area contributed by atoms with Crippen molar-refractivity contribution in [3.8, 4) is 5.75 Å². The number of nitrogens with zero attached hydrogens (tertiary/aromatic N) is 1. The van der Waals surface area contributed by atoms with Gasteiger partial charge in [0, 0.05) is 6.21 Å². The van der Waals surface area contributed by atoms with Crippen molar-refractivity contribution >= 4 is 27.8 Å². The van der Waals surface area contributed by atoms with Crippen LogP contribution >= 0.6 is 15.9 Å². The monoisotopic (exact) mass is 379 g/mol. The SMILES string of the molecule is Cc1ccccc1N=Cc1ccc(OCc2ccccc2)c(Br)c1. The summed E-state index contributed by atoms with van der Waals surface area (Å²) in [6.45, 7) is 2.61. The molecule has 120 valence electrons. The number of aliphatic imine (C=N–C) groups is 1. The fourth-order valence-corrected chi connectivity index (χ4v) is 2.81. The molecule has 24 heavy (non-hydrogen) atoms. The van der Waals surface area contributed by atoms with E-state index < -0.39 is 0 Å². The summed E-state index contributed by atoms with van der Waals surface area (Å²) in [5.74, 6) is 0.826. The highest BCUT2D eigenvalue weighted by atomic mass is 79.9. The van der Waals surface area contributed by atoms with Crippen LogP contribution in [-0.2, 0) is 6.61 Å². The first-order chi connectivity index (χ1) is 11.7. The number of para-hydroxylation sites is 1. The van der Waals surface area contributed by atoms with Crippen LogP contribution in [0.2, 0.25) is 0 Å². The number of hydrogen-bond acceptors (Lipinski definition) is 2. The molecular formula is C21H18BrNO. The van der Waals surface area contributed by atoms with Crippen molar-refractivity contribution in [1.82, 2.24) is 0 Å². The van der Waals surface area contributed by atoms with E-state index in [0.29, 0.717) is 6.61 Å². The molecule has 0 spiro atoms. The number of ether oxygens (including phenoxy) is 1. The highest BCUT2D eigenvalue weighted by Gasteiger charge is 2.03. The predicted molar refractivity (Wildman–Crippen MR) is 103 cm³/mol. The number of halogens is 1. The fourth-order valence-electron chi connectivity index (χ4n) is 2.30. The van der Waals surface area contributed by atoms with Crippen LogP contribution in [0.25, 0.3) is 0 Å². The minimum atomic E-state index is 0.552. The van der Waals surface area contributed by atoms with Gasteiger partial charge in [0.2, 0.25) is 0 Å². The summed E-state index contributed by atoms with van der Waals surface area (Å²) in [5, 5.41) is 0. The van der Waals surface area contributed by atoms with Crippen LogP contribution in [0.3, 0.4) is 0 Å². The third kappa shape index (κ3) is 4.33. The Morgan fingerprint density at radius 1 is 0.958 bits per heavy atom. The van der Waals surface area contributed by atoms with Crippen LogP contribution in [0.1, 0.15) is 16.7 Å². The van der Waals surface area contributed by atoms with E-state index in [-0.39, 0.29) is 0 Å². The quantitative estimate of drug-likeness (QED) is 0.491. The summed E-state index contributed by atoms with van der Waals surface area (Å²) in [5.41, 5.74) is 4.32. The van der Waals surface area contributed by atoms with Gasteiger partial charge in [-0.25, -0.2) is 0 Å². The first-order valence-corrected chi connectivity index (χ1v) is 8.57. The van der Waals surface area contributed by atoms with Gasteiger partial charge in [0.05, 0.1) is 10.2 Å². The van der Waals surface area contributed by atoms with Crippen molar-refractivity contribution in [3.05, 3.63) is 94.0 Å². The van der Waals surface area contributed by atoms with Gasteiger partial charge in [0.1, 0.15) is 12.4 Å². The van der Waals surface area contributed by atoms with Gasteiger partial charge in [0.15, 0.2) is 0 Å². The lowest BCUT2D eigenvalue weighted by Gasteiger charge is -2.09. The van der Waals surface area contributed by atoms with Gasteiger partial charge < -0.3 is 4.74 Å². The van der Waals surface area contributed by atoms with E-state index in [1.165, 1.54) is 0 Å². The zero-order valence-corrected chi connectivity index (χ0v) is 15.0. The molecule has 0 aliphatic carbocycles. The van der Waals surface area contributed by atoms with Gasteiger partial charge >= 0.3 is 0 Å². The van der Waals surface area contributed by atoms with Crippen LogP contribution in [0, 0.1) is 6.92 Å². The Morgan fingerprint density at radius 2 is 1.71 bits per heavy atom. The predicted octanol–water partition coefficient (Wildman–Crippen LogP) is 6.09. The van der Waals surface area contributed by atoms with Gasteiger partial charge in [-0.05, 0) is 63.8 Å². The average molecular weight is 380 g/mol. The molecule has 0 fully saturated rings. The van der Waals surface area contributed by atoms with Gasteiger partial charge in [0.25, 0.3) is 0 Å². The van der Waals surface area contributed by atoms with Crippen LogP contribution in [0.4, 0.5) is 5.69 Å². The van der Waals surface area contributed by atoms with E-state index in [1.807, 2.05) is 60.8 Å². The fraction of sp³-hybridized carbons (Fsp3) is 0.0952. The molecule has 0 saturated carbocycles. The third-order valence-electron chi connectivity index (χ3n) is 3.66. The van der Waals surface area contributed by atoms with E-state index in [4.69, 9.17) is 4.74 Å². The lowest BCUT2D eigenvalue weighted by atomic mass is 10.2. The molecule has 0 aliphatic rings. The summed E-state index contributed by atoms with van der Waals surface area (Å²) in [4.78, 5) is 4.55. The maximum atomic E-state index is 5.87. The topological polar surface area (TPSA) is 21.6 Å². The van der Waals surface area contributed by atoms with Crippen molar-refractivity contribution < 1.29 is 4.74 Å². The van der Waals surface area contributed by atoms with Crippen LogP contribution in [0.15, 0.2) is 82.3 Å². The first-order valence-electron chi connectivity index (χ1n) is 7.78. The molecule has 3 rings (SSSR count). The molecule has 0 bridgehead atoms. The van der Waals surface area contributed by atoms with Crippen LogP contribution in [-0.4, -0.2) is 6.21 Å². The second kappa shape index (κ2) is 7.93. The Hall–Kier alpha value is -2.39. The summed E-state index contributed by atoms with van der Waals surface area (Å²) in [6.07, 6.45) is 1.87. The summed E-state index contributed by atoms with van der Waals surface area (Å²) >= 11 is 3.57. The van der Waals surface area contributed by atoms with E-state index >= 15 is 0 Å². The molecule has 0 unspecified atom stereocenters. The number of hydrogen-bond donors (Lipinski definition) is 0. The second-order valence-electron chi connectivity index (χ2n) is 5.51. The zero-order valence-electron chi connectivity index (χ0n) is 13.4. The Morgan fingerprint density at radius 3 is 2.46 bits per heavy atom. The smallest absolute Gasteiger partial charge is 0.134 e. The molecular weight excluding hydrogens is 362 g/mol. The molecule has 0 radical (unpaired) electrons. The summed E-state index contributed by atoms with van der Waals surface area (Å²) < 4.78 is 6.79. The average Bonchev–Trinajstić information content (AvgIpc) is 2.61. The second-order valence-corrected chi connectivity index (χ2v) is 6.36. The standard InChI is InChI=1S/C21H18BrNO/c1-16-7-5-6-10-20(16)23-14-18-11-12-21(19(22)13-18)24-15-17-8-3-2-4-9-17/h2-14H,15H2,1H3. The summed E-state index contributed by atoms with van der Waals surface area (Å²) in [6, 6.07) is 24.2. The molecule has 3 heteroatoms. The number of benzene rings is 3.